The second kappa shape index (κ2) is 32.4. The summed E-state index contributed by atoms with van der Waals surface area (Å²) in [5.74, 6) is -0.340. The molecular formula is C34H66NO7P. The fourth-order valence-electron chi connectivity index (χ4n) is 4.55. The Morgan fingerprint density at radius 1 is 0.698 bits per heavy atom. The topological polar surface area (TPSA) is 117 Å². The molecule has 0 aliphatic carbocycles. The third-order valence-electron chi connectivity index (χ3n) is 7.12. The second-order valence-corrected chi connectivity index (χ2v) is 12.8. The summed E-state index contributed by atoms with van der Waals surface area (Å²) in [7, 11) is -4.26. The summed E-state index contributed by atoms with van der Waals surface area (Å²) in [6, 6.07) is 0. The Morgan fingerprint density at radius 3 is 1.86 bits per heavy atom. The van der Waals surface area contributed by atoms with Gasteiger partial charge in [-0.05, 0) is 44.9 Å². The fraction of sp³-hybridized carbons (Fsp3) is 0.853. The first kappa shape index (κ1) is 42.0. The van der Waals surface area contributed by atoms with Gasteiger partial charge in [0.25, 0.3) is 0 Å². The molecule has 0 aliphatic rings. The molecule has 0 amide bonds. The van der Waals surface area contributed by atoms with Gasteiger partial charge in [-0.2, -0.15) is 0 Å². The van der Waals surface area contributed by atoms with Crippen LogP contribution in [-0.4, -0.2) is 49.9 Å². The van der Waals surface area contributed by atoms with Crippen LogP contribution in [0.5, 0.6) is 0 Å². The molecule has 0 fully saturated rings. The van der Waals surface area contributed by atoms with Crippen molar-refractivity contribution in [2.75, 3.05) is 33.0 Å². The van der Waals surface area contributed by atoms with E-state index in [9.17, 15) is 14.3 Å². The molecule has 0 heterocycles. The van der Waals surface area contributed by atoms with Crippen molar-refractivity contribution in [3.8, 4) is 0 Å². The molecular weight excluding hydrogens is 565 g/mol. The number of carbonyl (C=O) groups is 1. The maximum Gasteiger partial charge on any atom is 0.472 e. The number of esters is 1. The van der Waals surface area contributed by atoms with E-state index in [-0.39, 0.29) is 32.3 Å². The predicted molar refractivity (Wildman–Crippen MR) is 178 cm³/mol. The van der Waals surface area contributed by atoms with E-state index in [0.717, 1.165) is 44.9 Å². The standard InChI is InChI=1S/C34H66NO7P/c1-3-5-7-9-11-13-14-15-16-17-18-19-20-22-24-26-29-39-31-33(32-41-43(37,38)40-30-28-35)42-34(36)27-25-23-21-12-10-8-6-4-2/h11,13,15-16,33H,3-10,12,14,17-32,35H2,1-2H3,(H,37,38)/b13-11-,16-15-. The van der Waals surface area contributed by atoms with Gasteiger partial charge >= 0.3 is 13.8 Å². The molecule has 0 saturated heterocycles. The lowest BCUT2D eigenvalue weighted by Gasteiger charge is -2.20. The highest BCUT2D eigenvalue weighted by atomic mass is 31.2. The Hall–Kier alpha value is -1.02. The Kier molecular flexibility index (Phi) is 31.6. The number of hydrogen-bond donors (Lipinski definition) is 2. The lowest BCUT2D eigenvalue weighted by atomic mass is 10.1. The molecule has 3 N–H and O–H groups in total. The normalized spacial score (nSPS) is 14.0. The van der Waals surface area contributed by atoms with Crippen molar-refractivity contribution < 1.29 is 32.8 Å². The van der Waals surface area contributed by atoms with Crippen LogP contribution in [-0.2, 0) is 27.9 Å². The molecule has 43 heavy (non-hydrogen) atoms. The lowest BCUT2D eigenvalue weighted by molar-refractivity contribution is -0.154. The van der Waals surface area contributed by atoms with Gasteiger partial charge in [-0.15, -0.1) is 0 Å². The second-order valence-electron chi connectivity index (χ2n) is 11.4. The Bertz CT molecular complexity index is 717. The molecule has 254 valence electrons. The number of carbonyl (C=O) groups excluding carboxylic acids is 1. The third-order valence-corrected chi connectivity index (χ3v) is 8.11. The van der Waals surface area contributed by atoms with Crippen LogP contribution in [0.2, 0.25) is 0 Å². The van der Waals surface area contributed by atoms with Crippen molar-refractivity contribution in [3.05, 3.63) is 24.3 Å². The molecule has 0 aliphatic heterocycles. The number of allylic oxidation sites excluding steroid dienone is 4. The van der Waals surface area contributed by atoms with Gasteiger partial charge in [-0.1, -0.05) is 122 Å². The zero-order valence-corrected chi connectivity index (χ0v) is 28.6. The van der Waals surface area contributed by atoms with Gasteiger partial charge < -0.3 is 20.1 Å². The smallest absolute Gasteiger partial charge is 0.457 e. The SMILES string of the molecule is CCCCC/C=C\C/C=C\CCCCCCCCOCC(COP(=O)(O)OCCN)OC(=O)CCCCCCCCCC. The predicted octanol–water partition coefficient (Wildman–Crippen LogP) is 9.35. The Labute approximate surface area is 264 Å². The highest BCUT2D eigenvalue weighted by Crippen LogP contribution is 2.43. The summed E-state index contributed by atoms with van der Waals surface area (Å²) in [6.45, 7) is 4.83. The van der Waals surface area contributed by atoms with Crippen molar-refractivity contribution in [1.82, 2.24) is 0 Å². The number of nitrogens with two attached hydrogens (primary N) is 1. The minimum Gasteiger partial charge on any atom is -0.457 e. The molecule has 0 aromatic heterocycles. The largest absolute Gasteiger partial charge is 0.472 e. The number of unbranched alkanes of at least 4 members (excludes halogenated alkanes) is 16. The molecule has 0 bridgehead atoms. The van der Waals surface area contributed by atoms with E-state index in [1.54, 1.807) is 0 Å². The average molecular weight is 632 g/mol. The van der Waals surface area contributed by atoms with Crippen LogP contribution < -0.4 is 5.73 Å². The first-order chi connectivity index (χ1) is 20.9. The average Bonchev–Trinajstić information content (AvgIpc) is 2.99. The molecule has 2 unspecified atom stereocenters. The van der Waals surface area contributed by atoms with Crippen LogP contribution in [0.1, 0.15) is 149 Å². The van der Waals surface area contributed by atoms with E-state index >= 15 is 0 Å². The molecule has 0 aromatic carbocycles. The molecule has 0 rings (SSSR count). The molecule has 8 nitrogen and oxygen atoms in total. The Balaban J connectivity index is 4.09. The van der Waals surface area contributed by atoms with Crippen LogP contribution in [0, 0.1) is 0 Å². The van der Waals surface area contributed by atoms with Gasteiger partial charge in [0.15, 0.2) is 0 Å². The van der Waals surface area contributed by atoms with Gasteiger partial charge in [0, 0.05) is 19.6 Å². The zero-order chi connectivity index (χ0) is 31.7. The van der Waals surface area contributed by atoms with Gasteiger partial charge in [0.1, 0.15) is 6.10 Å². The summed E-state index contributed by atoms with van der Waals surface area (Å²) in [5, 5.41) is 0. The number of hydrogen-bond acceptors (Lipinski definition) is 7. The summed E-state index contributed by atoms with van der Waals surface area (Å²) in [6.07, 6.45) is 31.9. The van der Waals surface area contributed by atoms with E-state index in [4.69, 9.17) is 24.3 Å². The van der Waals surface area contributed by atoms with Gasteiger partial charge in [-0.3, -0.25) is 13.8 Å². The summed E-state index contributed by atoms with van der Waals surface area (Å²) in [4.78, 5) is 22.2. The van der Waals surface area contributed by atoms with Crippen molar-refractivity contribution in [3.63, 3.8) is 0 Å². The fourth-order valence-corrected chi connectivity index (χ4v) is 5.32. The van der Waals surface area contributed by atoms with Crippen molar-refractivity contribution in [1.29, 1.82) is 0 Å². The molecule has 2 atom stereocenters. The van der Waals surface area contributed by atoms with Crippen LogP contribution >= 0.6 is 7.82 Å². The number of phosphoric acid groups is 1. The van der Waals surface area contributed by atoms with Gasteiger partial charge in [-0.25, -0.2) is 4.57 Å². The van der Waals surface area contributed by atoms with Gasteiger partial charge in [0.05, 0.1) is 19.8 Å². The first-order valence-electron chi connectivity index (χ1n) is 17.3. The minimum atomic E-state index is -4.26. The highest BCUT2D eigenvalue weighted by Gasteiger charge is 2.25. The van der Waals surface area contributed by atoms with Crippen LogP contribution in [0.25, 0.3) is 0 Å². The molecule has 0 radical (unpaired) electrons. The maximum atomic E-state index is 12.4. The summed E-state index contributed by atoms with van der Waals surface area (Å²) >= 11 is 0. The van der Waals surface area contributed by atoms with Crippen molar-refractivity contribution >= 4 is 13.8 Å². The summed E-state index contributed by atoms with van der Waals surface area (Å²) < 4.78 is 33.1. The molecule has 0 saturated carbocycles. The van der Waals surface area contributed by atoms with Crippen molar-refractivity contribution in [2.24, 2.45) is 5.73 Å². The molecule has 9 heteroatoms. The third kappa shape index (κ3) is 32.2. The lowest BCUT2D eigenvalue weighted by Crippen LogP contribution is -2.28. The molecule has 0 aromatic rings. The summed E-state index contributed by atoms with van der Waals surface area (Å²) in [5.41, 5.74) is 5.33. The highest BCUT2D eigenvalue weighted by molar-refractivity contribution is 7.47. The van der Waals surface area contributed by atoms with E-state index in [1.807, 2.05) is 0 Å². The number of rotatable bonds is 33. The van der Waals surface area contributed by atoms with E-state index < -0.39 is 13.9 Å². The van der Waals surface area contributed by atoms with Gasteiger partial charge in [0.2, 0.25) is 0 Å². The van der Waals surface area contributed by atoms with Crippen LogP contribution in [0.3, 0.4) is 0 Å². The van der Waals surface area contributed by atoms with E-state index in [0.29, 0.717) is 13.0 Å². The molecule has 0 spiro atoms. The number of ether oxygens (including phenoxy) is 2. The number of phosphoric ester groups is 1. The van der Waals surface area contributed by atoms with Crippen LogP contribution in [0.15, 0.2) is 24.3 Å². The van der Waals surface area contributed by atoms with Crippen LogP contribution in [0.4, 0.5) is 0 Å². The van der Waals surface area contributed by atoms with E-state index in [1.165, 1.54) is 83.5 Å². The quantitative estimate of drug-likeness (QED) is 0.0318. The Morgan fingerprint density at radius 2 is 1.23 bits per heavy atom. The van der Waals surface area contributed by atoms with E-state index in [2.05, 4.69) is 38.2 Å². The first-order valence-corrected chi connectivity index (χ1v) is 18.8. The monoisotopic (exact) mass is 631 g/mol. The maximum absolute atomic E-state index is 12.4. The van der Waals surface area contributed by atoms with Crippen molar-refractivity contribution in [2.45, 2.75) is 155 Å². The zero-order valence-electron chi connectivity index (χ0n) is 27.7. The minimum absolute atomic E-state index is 0.0965.